The molecule has 24 heavy (non-hydrogen) atoms. The van der Waals surface area contributed by atoms with Crippen molar-refractivity contribution in [3.05, 3.63) is 65.7 Å². The third-order valence-corrected chi connectivity index (χ3v) is 5.38. The molecule has 2 heterocycles. The normalized spacial score (nSPS) is 15.5. The van der Waals surface area contributed by atoms with Gasteiger partial charge in [-0.1, -0.05) is 42.8 Å². The zero-order valence-electron chi connectivity index (χ0n) is 13.1. The number of pyridine rings is 1. The van der Waals surface area contributed by atoms with Gasteiger partial charge in [0, 0.05) is 11.6 Å². The fourth-order valence-electron chi connectivity index (χ4n) is 3.11. The quantitative estimate of drug-likeness (QED) is 0.775. The van der Waals surface area contributed by atoms with Gasteiger partial charge in [0.1, 0.15) is 5.69 Å². The van der Waals surface area contributed by atoms with Gasteiger partial charge in [0.15, 0.2) is 5.13 Å². The van der Waals surface area contributed by atoms with Crippen molar-refractivity contribution in [3.63, 3.8) is 0 Å². The average molecular weight is 335 g/mol. The van der Waals surface area contributed by atoms with Crippen LogP contribution in [0.1, 0.15) is 24.8 Å². The van der Waals surface area contributed by atoms with E-state index in [1.165, 1.54) is 11.3 Å². The maximum Gasteiger partial charge on any atom is 0.236 e. The second-order valence-electron chi connectivity index (χ2n) is 6.01. The van der Waals surface area contributed by atoms with Crippen LogP contribution in [0.3, 0.4) is 0 Å². The van der Waals surface area contributed by atoms with Crippen LogP contribution in [-0.4, -0.2) is 15.9 Å². The number of nitrogens with zero attached hydrogens (tertiary/aromatic N) is 2. The molecule has 3 aromatic rings. The SMILES string of the molecule is O=C(Nc1nc(-c2ccccn2)cs1)C1(c2ccccc2)CCC1. The summed E-state index contributed by atoms with van der Waals surface area (Å²) in [6, 6.07) is 15.8. The molecule has 120 valence electrons. The van der Waals surface area contributed by atoms with Crippen molar-refractivity contribution in [1.29, 1.82) is 0 Å². The van der Waals surface area contributed by atoms with Crippen molar-refractivity contribution in [1.82, 2.24) is 9.97 Å². The third kappa shape index (κ3) is 2.61. The summed E-state index contributed by atoms with van der Waals surface area (Å²) >= 11 is 1.44. The number of nitrogens with one attached hydrogen (secondary N) is 1. The van der Waals surface area contributed by atoms with E-state index in [1.54, 1.807) is 6.20 Å². The van der Waals surface area contributed by atoms with Gasteiger partial charge in [0.2, 0.25) is 5.91 Å². The van der Waals surface area contributed by atoms with Gasteiger partial charge in [-0.2, -0.15) is 0 Å². The van der Waals surface area contributed by atoms with Crippen molar-refractivity contribution in [2.45, 2.75) is 24.7 Å². The Morgan fingerprint density at radius 1 is 1.04 bits per heavy atom. The molecule has 0 saturated heterocycles. The predicted octanol–water partition coefficient (Wildman–Crippen LogP) is 4.27. The third-order valence-electron chi connectivity index (χ3n) is 4.62. The number of thiazole rings is 1. The lowest BCUT2D eigenvalue weighted by Crippen LogP contribution is -2.45. The number of carbonyl (C=O) groups is 1. The highest BCUT2D eigenvalue weighted by molar-refractivity contribution is 7.14. The van der Waals surface area contributed by atoms with E-state index in [1.807, 2.05) is 53.9 Å². The molecule has 1 saturated carbocycles. The standard InChI is InChI=1S/C19H17N3OS/c23-17(19(10-6-11-19)14-7-2-1-3-8-14)22-18-21-16(13-24-18)15-9-4-5-12-20-15/h1-5,7-9,12-13H,6,10-11H2,(H,21,22,23). The monoisotopic (exact) mass is 335 g/mol. The number of benzene rings is 1. The van der Waals surface area contributed by atoms with Crippen LogP contribution in [0, 0.1) is 0 Å². The van der Waals surface area contributed by atoms with Gasteiger partial charge < -0.3 is 5.32 Å². The maximum absolute atomic E-state index is 12.9. The first-order chi connectivity index (χ1) is 11.8. The van der Waals surface area contributed by atoms with Gasteiger partial charge >= 0.3 is 0 Å². The Kier molecular flexibility index (Phi) is 3.86. The van der Waals surface area contributed by atoms with E-state index in [4.69, 9.17) is 0 Å². The van der Waals surface area contributed by atoms with E-state index in [9.17, 15) is 4.79 Å². The van der Waals surface area contributed by atoms with Crippen LogP contribution >= 0.6 is 11.3 Å². The molecule has 4 nitrogen and oxygen atoms in total. The fourth-order valence-corrected chi connectivity index (χ4v) is 3.81. The van der Waals surface area contributed by atoms with Crippen LogP contribution in [0.5, 0.6) is 0 Å². The highest BCUT2D eigenvalue weighted by Crippen LogP contribution is 2.44. The van der Waals surface area contributed by atoms with E-state index in [2.05, 4.69) is 15.3 Å². The zero-order valence-corrected chi connectivity index (χ0v) is 13.9. The van der Waals surface area contributed by atoms with Crippen molar-refractivity contribution in [3.8, 4) is 11.4 Å². The second-order valence-corrected chi connectivity index (χ2v) is 6.87. The topological polar surface area (TPSA) is 54.9 Å². The summed E-state index contributed by atoms with van der Waals surface area (Å²) in [6.45, 7) is 0. The number of anilines is 1. The van der Waals surface area contributed by atoms with Crippen molar-refractivity contribution < 1.29 is 4.79 Å². The summed E-state index contributed by atoms with van der Waals surface area (Å²) in [5.74, 6) is 0.0434. The minimum Gasteiger partial charge on any atom is -0.301 e. The van der Waals surface area contributed by atoms with Crippen LogP contribution < -0.4 is 5.32 Å². The maximum atomic E-state index is 12.9. The summed E-state index contributed by atoms with van der Waals surface area (Å²) in [7, 11) is 0. The largest absolute Gasteiger partial charge is 0.301 e. The molecule has 1 amide bonds. The Bertz CT molecular complexity index is 841. The van der Waals surface area contributed by atoms with Gasteiger partial charge in [-0.3, -0.25) is 9.78 Å². The van der Waals surface area contributed by atoms with Gasteiger partial charge in [0.25, 0.3) is 0 Å². The highest BCUT2D eigenvalue weighted by Gasteiger charge is 2.45. The molecule has 0 spiro atoms. The molecule has 0 bridgehead atoms. The molecule has 0 radical (unpaired) electrons. The van der Waals surface area contributed by atoms with Crippen molar-refractivity contribution in [2.24, 2.45) is 0 Å². The number of hydrogen-bond donors (Lipinski definition) is 1. The van der Waals surface area contributed by atoms with E-state index in [0.717, 1.165) is 36.2 Å². The summed E-state index contributed by atoms with van der Waals surface area (Å²) in [6.07, 6.45) is 4.60. The first-order valence-corrected chi connectivity index (χ1v) is 8.90. The minimum absolute atomic E-state index is 0.0434. The molecule has 1 aliphatic carbocycles. The highest BCUT2D eigenvalue weighted by atomic mass is 32.1. The Hall–Kier alpha value is -2.53. The van der Waals surface area contributed by atoms with Gasteiger partial charge in [-0.05, 0) is 30.5 Å². The Labute approximate surface area is 144 Å². The molecule has 0 aliphatic heterocycles. The second kappa shape index (κ2) is 6.17. The Morgan fingerprint density at radius 3 is 2.50 bits per heavy atom. The summed E-state index contributed by atoms with van der Waals surface area (Å²) < 4.78 is 0. The number of hydrogen-bond acceptors (Lipinski definition) is 4. The lowest BCUT2D eigenvalue weighted by molar-refractivity contribution is -0.124. The molecule has 0 atom stereocenters. The summed E-state index contributed by atoms with van der Waals surface area (Å²) in [4.78, 5) is 21.7. The minimum atomic E-state index is -0.405. The van der Waals surface area contributed by atoms with Crippen LogP contribution in [0.15, 0.2) is 60.1 Å². The molecule has 0 unspecified atom stereocenters. The van der Waals surface area contributed by atoms with E-state index >= 15 is 0 Å². The summed E-state index contributed by atoms with van der Waals surface area (Å²) in [5, 5.41) is 5.57. The molecule has 1 N–H and O–H groups in total. The van der Waals surface area contributed by atoms with Gasteiger partial charge in [-0.25, -0.2) is 4.98 Å². The summed E-state index contributed by atoms with van der Waals surface area (Å²) in [5.41, 5.74) is 2.29. The van der Waals surface area contributed by atoms with Crippen LogP contribution in [0.2, 0.25) is 0 Å². The zero-order chi connectivity index (χ0) is 16.4. The molecule has 4 rings (SSSR count). The predicted molar refractivity (Wildman–Crippen MR) is 95.9 cm³/mol. The van der Waals surface area contributed by atoms with E-state index in [-0.39, 0.29) is 5.91 Å². The van der Waals surface area contributed by atoms with Gasteiger partial charge in [-0.15, -0.1) is 11.3 Å². The molecule has 1 aliphatic rings. The number of carbonyl (C=O) groups excluding carboxylic acids is 1. The first kappa shape index (κ1) is 15.0. The lowest BCUT2D eigenvalue weighted by Gasteiger charge is -2.40. The van der Waals surface area contributed by atoms with Crippen LogP contribution in [0.25, 0.3) is 11.4 Å². The Balaban J connectivity index is 1.55. The van der Waals surface area contributed by atoms with Crippen molar-refractivity contribution >= 4 is 22.4 Å². The van der Waals surface area contributed by atoms with E-state index in [0.29, 0.717) is 5.13 Å². The number of amides is 1. The Morgan fingerprint density at radius 2 is 1.83 bits per heavy atom. The number of aromatic nitrogens is 2. The molecule has 2 aromatic heterocycles. The molecular weight excluding hydrogens is 318 g/mol. The lowest BCUT2D eigenvalue weighted by atomic mass is 9.64. The average Bonchev–Trinajstić information content (AvgIpc) is 3.04. The fraction of sp³-hybridized carbons (Fsp3) is 0.211. The van der Waals surface area contributed by atoms with Gasteiger partial charge in [0.05, 0.1) is 11.1 Å². The number of rotatable bonds is 4. The molecule has 1 aromatic carbocycles. The van der Waals surface area contributed by atoms with E-state index < -0.39 is 5.41 Å². The van der Waals surface area contributed by atoms with Crippen molar-refractivity contribution in [2.75, 3.05) is 5.32 Å². The van der Waals surface area contributed by atoms with Crippen LogP contribution in [-0.2, 0) is 10.2 Å². The molecular formula is C19H17N3OS. The first-order valence-electron chi connectivity index (χ1n) is 8.02. The smallest absolute Gasteiger partial charge is 0.236 e. The molecule has 1 fully saturated rings. The van der Waals surface area contributed by atoms with Crippen LogP contribution in [0.4, 0.5) is 5.13 Å². The molecule has 5 heteroatoms.